The van der Waals surface area contributed by atoms with E-state index in [1.165, 1.54) is 12.8 Å². The van der Waals surface area contributed by atoms with E-state index in [4.69, 9.17) is 0 Å². The second-order valence-corrected chi connectivity index (χ2v) is 7.98. The van der Waals surface area contributed by atoms with Crippen molar-refractivity contribution in [2.75, 3.05) is 19.6 Å². The molecule has 6 heteroatoms. The lowest BCUT2D eigenvalue weighted by molar-refractivity contribution is -0.139. The zero-order valence-electron chi connectivity index (χ0n) is 13.3. The summed E-state index contributed by atoms with van der Waals surface area (Å²) >= 11 is 1.63. The number of aromatic nitrogens is 1. The number of rotatable bonds is 4. The molecule has 23 heavy (non-hydrogen) atoms. The SMILES string of the molecule is O=C1C[C@@H](C(=O)N2CCCC[C@@H]2c2nccs2)CN1CC1CC1. The lowest BCUT2D eigenvalue weighted by atomic mass is 9.99. The van der Waals surface area contributed by atoms with E-state index in [1.54, 1.807) is 11.3 Å². The van der Waals surface area contributed by atoms with Crippen molar-refractivity contribution in [3.05, 3.63) is 16.6 Å². The summed E-state index contributed by atoms with van der Waals surface area (Å²) in [5.41, 5.74) is 0. The summed E-state index contributed by atoms with van der Waals surface area (Å²) in [7, 11) is 0. The Bertz CT molecular complexity index is 585. The minimum Gasteiger partial charge on any atom is -0.342 e. The van der Waals surface area contributed by atoms with Crippen molar-refractivity contribution in [3.63, 3.8) is 0 Å². The maximum Gasteiger partial charge on any atom is 0.228 e. The van der Waals surface area contributed by atoms with E-state index in [-0.39, 0.29) is 23.8 Å². The van der Waals surface area contributed by atoms with Gasteiger partial charge in [-0.25, -0.2) is 4.98 Å². The zero-order chi connectivity index (χ0) is 15.8. The van der Waals surface area contributed by atoms with Gasteiger partial charge in [0, 0.05) is 37.6 Å². The van der Waals surface area contributed by atoms with E-state index in [0.29, 0.717) is 18.9 Å². The minimum atomic E-state index is -0.151. The molecule has 1 aliphatic carbocycles. The molecule has 0 aromatic carbocycles. The lowest BCUT2D eigenvalue weighted by Gasteiger charge is -2.36. The number of nitrogens with zero attached hydrogens (tertiary/aromatic N) is 3. The van der Waals surface area contributed by atoms with Crippen LogP contribution in [0.2, 0.25) is 0 Å². The van der Waals surface area contributed by atoms with Crippen molar-refractivity contribution in [2.45, 2.75) is 44.6 Å². The third-order valence-corrected chi connectivity index (χ3v) is 6.14. The fraction of sp³-hybridized carbons (Fsp3) is 0.706. The fourth-order valence-corrected chi connectivity index (χ4v) is 4.60. The monoisotopic (exact) mass is 333 g/mol. The van der Waals surface area contributed by atoms with Crippen LogP contribution in [0.1, 0.15) is 49.6 Å². The average Bonchev–Trinajstić information content (AvgIpc) is 3.08. The molecule has 0 radical (unpaired) electrons. The minimum absolute atomic E-state index is 0.115. The Morgan fingerprint density at radius 2 is 2.17 bits per heavy atom. The zero-order valence-corrected chi connectivity index (χ0v) is 14.1. The van der Waals surface area contributed by atoms with Crippen LogP contribution in [0.5, 0.6) is 0 Å². The summed E-state index contributed by atoms with van der Waals surface area (Å²) in [6.07, 6.45) is 7.87. The molecule has 2 saturated heterocycles. The summed E-state index contributed by atoms with van der Waals surface area (Å²) in [6.45, 7) is 2.28. The first-order valence-corrected chi connectivity index (χ1v) is 9.58. The number of piperidine rings is 1. The van der Waals surface area contributed by atoms with Gasteiger partial charge in [0.1, 0.15) is 5.01 Å². The van der Waals surface area contributed by atoms with E-state index >= 15 is 0 Å². The van der Waals surface area contributed by atoms with Crippen LogP contribution in [0.25, 0.3) is 0 Å². The van der Waals surface area contributed by atoms with Crippen LogP contribution in [0.3, 0.4) is 0 Å². The summed E-state index contributed by atoms with van der Waals surface area (Å²) in [4.78, 5) is 33.6. The summed E-state index contributed by atoms with van der Waals surface area (Å²) in [6, 6.07) is 0.115. The van der Waals surface area contributed by atoms with Gasteiger partial charge >= 0.3 is 0 Å². The average molecular weight is 333 g/mol. The molecule has 3 fully saturated rings. The third-order valence-electron chi connectivity index (χ3n) is 5.26. The van der Waals surface area contributed by atoms with Gasteiger partial charge in [-0.3, -0.25) is 9.59 Å². The molecular formula is C17H23N3O2S. The summed E-state index contributed by atoms with van der Waals surface area (Å²) in [5, 5.41) is 3.01. The standard InChI is InChI=1S/C17H23N3O2S/c21-15-9-13(11-19(15)10-12-4-5-12)17(22)20-7-2-1-3-14(20)16-18-6-8-23-16/h6,8,12-14H,1-5,7,9-11H2/t13-,14-/m1/s1. The van der Waals surface area contributed by atoms with Crippen LogP contribution in [0, 0.1) is 11.8 Å². The molecule has 0 N–H and O–H groups in total. The molecule has 3 heterocycles. The highest BCUT2D eigenvalue weighted by Gasteiger charge is 2.41. The van der Waals surface area contributed by atoms with Gasteiger partial charge < -0.3 is 9.80 Å². The Labute approximate surface area is 140 Å². The largest absolute Gasteiger partial charge is 0.342 e. The topological polar surface area (TPSA) is 53.5 Å². The van der Waals surface area contributed by atoms with Crippen LogP contribution in [0.15, 0.2) is 11.6 Å². The molecule has 3 aliphatic rings. The molecule has 0 unspecified atom stereocenters. The molecule has 5 nitrogen and oxygen atoms in total. The van der Waals surface area contributed by atoms with Crippen LogP contribution in [0.4, 0.5) is 0 Å². The van der Waals surface area contributed by atoms with Crippen molar-refractivity contribution >= 4 is 23.2 Å². The van der Waals surface area contributed by atoms with Gasteiger partial charge in [-0.2, -0.15) is 0 Å². The molecule has 2 amide bonds. The molecule has 0 bridgehead atoms. The van der Waals surface area contributed by atoms with Crippen molar-refractivity contribution in [1.29, 1.82) is 0 Å². The van der Waals surface area contributed by atoms with Gasteiger partial charge in [0.15, 0.2) is 0 Å². The first kappa shape index (κ1) is 15.1. The Morgan fingerprint density at radius 1 is 1.30 bits per heavy atom. The number of thiazole rings is 1. The Balaban J connectivity index is 1.45. The molecule has 1 aromatic heterocycles. The van der Waals surface area contributed by atoms with Crippen LogP contribution in [-0.2, 0) is 9.59 Å². The predicted molar refractivity (Wildman–Crippen MR) is 87.8 cm³/mol. The van der Waals surface area contributed by atoms with Crippen molar-refractivity contribution < 1.29 is 9.59 Å². The fourth-order valence-electron chi connectivity index (χ4n) is 3.81. The van der Waals surface area contributed by atoms with Gasteiger partial charge in [-0.15, -0.1) is 11.3 Å². The number of amides is 2. The number of carbonyl (C=O) groups excluding carboxylic acids is 2. The molecule has 1 aromatic rings. The highest BCUT2D eigenvalue weighted by molar-refractivity contribution is 7.09. The normalized spacial score (nSPS) is 28.4. The Kier molecular flexibility index (Phi) is 4.09. The van der Waals surface area contributed by atoms with E-state index in [9.17, 15) is 9.59 Å². The molecule has 2 aliphatic heterocycles. The van der Waals surface area contributed by atoms with Gasteiger partial charge in [0.05, 0.1) is 12.0 Å². The summed E-state index contributed by atoms with van der Waals surface area (Å²) in [5.74, 6) is 0.863. The number of hydrogen-bond acceptors (Lipinski definition) is 4. The van der Waals surface area contributed by atoms with Gasteiger partial charge in [-0.1, -0.05) is 0 Å². The molecule has 0 spiro atoms. The predicted octanol–water partition coefficient (Wildman–Crippen LogP) is 2.46. The molecule has 124 valence electrons. The maximum atomic E-state index is 13.0. The van der Waals surface area contributed by atoms with Gasteiger partial charge in [0.25, 0.3) is 0 Å². The first-order chi connectivity index (χ1) is 11.2. The number of carbonyl (C=O) groups is 2. The smallest absolute Gasteiger partial charge is 0.228 e. The highest BCUT2D eigenvalue weighted by Crippen LogP contribution is 2.36. The Morgan fingerprint density at radius 3 is 2.91 bits per heavy atom. The van der Waals surface area contributed by atoms with Gasteiger partial charge in [0.2, 0.25) is 11.8 Å². The molecule has 1 saturated carbocycles. The van der Waals surface area contributed by atoms with Crippen molar-refractivity contribution in [3.8, 4) is 0 Å². The van der Waals surface area contributed by atoms with Crippen LogP contribution >= 0.6 is 11.3 Å². The van der Waals surface area contributed by atoms with Crippen molar-refractivity contribution in [1.82, 2.24) is 14.8 Å². The quantitative estimate of drug-likeness (QED) is 0.850. The Hall–Kier alpha value is -1.43. The van der Waals surface area contributed by atoms with Crippen molar-refractivity contribution in [2.24, 2.45) is 11.8 Å². The number of hydrogen-bond donors (Lipinski definition) is 0. The van der Waals surface area contributed by atoms with Crippen LogP contribution in [-0.4, -0.2) is 46.2 Å². The molecule has 4 rings (SSSR count). The van der Waals surface area contributed by atoms with Gasteiger partial charge in [-0.05, 0) is 38.0 Å². The maximum absolute atomic E-state index is 13.0. The van der Waals surface area contributed by atoms with E-state index in [1.807, 2.05) is 21.4 Å². The molecule has 2 atom stereocenters. The van der Waals surface area contributed by atoms with E-state index < -0.39 is 0 Å². The lowest BCUT2D eigenvalue weighted by Crippen LogP contribution is -2.42. The van der Waals surface area contributed by atoms with E-state index in [0.717, 1.165) is 37.4 Å². The number of likely N-dealkylation sites (tertiary alicyclic amines) is 2. The second kappa shape index (κ2) is 6.23. The highest BCUT2D eigenvalue weighted by atomic mass is 32.1. The summed E-state index contributed by atoms with van der Waals surface area (Å²) < 4.78 is 0. The first-order valence-electron chi connectivity index (χ1n) is 8.70. The van der Waals surface area contributed by atoms with E-state index in [2.05, 4.69) is 4.98 Å². The third kappa shape index (κ3) is 3.13. The molecular weight excluding hydrogens is 310 g/mol. The van der Waals surface area contributed by atoms with Crippen LogP contribution < -0.4 is 0 Å². The second-order valence-electron chi connectivity index (χ2n) is 7.06.